The summed E-state index contributed by atoms with van der Waals surface area (Å²) in [6.45, 7) is 1.80. The predicted molar refractivity (Wildman–Crippen MR) is 63.9 cm³/mol. The molecule has 0 aliphatic heterocycles. The number of benzene rings is 1. The molecule has 0 radical (unpaired) electrons. The van der Waals surface area contributed by atoms with Crippen molar-refractivity contribution in [2.24, 2.45) is 0 Å². The number of phenols is 1. The maximum Gasteiger partial charge on any atom is 0.353 e. The third kappa shape index (κ3) is 1.88. The number of carboxylic acid groups (broad SMARTS) is 1. The number of hydrogen-bond acceptors (Lipinski definition) is 4. The minimum absolute atomic E-state index is 0.0355. The molecule has 0 aliphatic rings. The van der Waals surface area contributed by atoms with Gasteiger partial charge in [-0.15, -0.1) is 0 Å². The number of hydrogen-bond donors (Lipinski definition) is 3. The lowest BCUT2D eigenvalue weighted by molar-refractivity contribution is 0.0690. The summed E-state index contributed by atoms with van der Waals surface area (Å²) >= 11 is 0. The molecule has 0 bridgehead atoms. The molecular weight excluding hydrogens is 236 g/mol. The van der Waals surface area contributed by atoms with Crippen LogP contribution in [0.15, 0.2) is 18.2 Å². The highest BCUT2D eigenvalue weighted by molar-refractivity contribution is 5.87. The van der Waals surface area contributed by atoms with E-state index in [2.05, 4.69) is 10.2 Å². The Hall–Kier alpha value is -2.50. The second-order valence-electron chi connectivity index (χ2n) is 3.78. The van der Waals surface area contributed by atoms with Gasteiger partial charge >= 0.3 is 5.97 Å². The summed E-state index contributed by atoms with van der Waals surface area (Å²) in [5.41, 5.74) is 1.56. The highest BCUT2D eigenvalue weighted by Gasteiger charge is 2.17. The van der Waals surface area contributed by atoms with Gasteiger partial charge in [-0.25, -0.2) is 4.79 Å². The van der Waals surface area contributed by atoms with Crippen molar-refractivity contribution < 1.29 is 19.7 Å². The van der Waals surface area contributed by atoms with Gasteiger partial charge in [0.15, 0.2) is 11.5 Å². The van der Waals surface area contributed by atoms with E-state index in [1.54, 1.807) is 19.1 Å². The quantitative estimate of drug-likeness (QED) is 0.769. The average Bonchev–Trinajstić information content (AvgIpc) is 2.79. The number of H-pyrrole nitrogens is 1. The number of nitrogens with zero attached hydrogens (tertiary/aromatic N) is 1. The summed E-state index contributed by atoms with van der Waals surface area (Å²) in [7, 11) is 1.45. The number of aromatic hydroxyl groups is 1. The van der Waals surface area contributed by atoms with E-state index in [1.165, 1.54) is 13.2 Å². The molecule has 18 heavy (non-hydrogen) atoms. The first kappa shape index (κ1) is 12.0. The van der Waals surface area contributed by atoms with Gasteiger partial charge in [0.05, 0.1) is 18.4 Å². The van der Waals surface area contributed by atoms with Crippen molar-refractivity contribution in [3.63, 3.8) is 0 Å². The van der Waals surface area contributed by atoms with E-state index in [4.69, 9.17) is 9.84 Å². The summed E-state index contributed by atoms with van der Waals surface area (Å²) in [6, 6.07) is 4.77. The van der Waals surface area contributed by atoms with E-state index >= 15 is 0 Å². The fraction of sp³-hybridized carbons (Fsp3) is 0.167. The van der Waals surface area contributed by atoms with E-state index in [9.17, 15) is 9.90 Å². The largest absolute Gasteiger partial charge is 0.504 e. The topological polar surface area (TPSA) is 95.4 Å². The number of methoxy groups -OCH3 is 1. The molecule has 1 aromatic heterocycles. The third-order valence-corrected chi connectivity index (χ3v) is 2.63. The Kier molecular flexibility index (Phi) is 2.93. The number of aromatic amines is 1. The van der Waals surface area contributed by atoms with E-state index in [0.29, 0.717) is 17.0 Å². The molecule has 2 aromatic rings. The number of carbonyl (C=O) groups is 1. The normalized spacial score (nSPS) is 10.3. The molecule has 0 atom stereocenters. The first-order valence-electron chi connectivity index (χ1n) is 5.20. The monoisotopic (exact) mass is 248 g/mol. The van der Waals surface area contributed by atoms with Gasteiger partial charge in [-0.2, -0.15) is 5.10 Å². The molecule has 3 N–H and O–H groups in total. The lowest BCUT2D eigenvalue weighted by atomic mass is 10.0. The number of rotatable bonds is 3. The Balaban J connectivity index is 2.58. The predicted octanol–water partition coefficient (Wildman–Crippen LogP) is 1.80. The molecule has 94 valence electrons. The Labute approximate surface area is 103 Å². The van der Waals surface area contributed by atoms with Crippen LogP contribution in [0.2, 0.25) is 0 Å². The zero-order chi connectivity index (χ0) is 13.3. The Morgan fingerprint density at radius 2 is 2.17 bits per heavy atom. The van der Waals surface area contributed by atoms with Crippen LogP contribution in [-0.2, 0) is 0 Å². The summed E-state index contributed by atoms with van der Waals surface area (Å²) in [6.07, 6.45) is 0. The molecule has 1 heterocycles. The van der Waals surface area contributed by atoms with E-state index in [-0.39, 0.29) is 11.4 Å². The maximum absolute atomic E-state index is 10.8. The number of nitrogens with one attached hydrogen (secondary N) is 1. The molecule has 2 rings (SSSR count). The van der Waals surface area contributed by atoms with Crippen molar-refractivity contribution in [1.29, 1.82) is 0 Å². The molecule has 6 nitrogen and oxygen atoms in total. The van der Waals surface area contributed by atoms with Gasteiger partial charge in [-0.3, -0.25) is 5.10 Å². The highest BCUT2D eigenvalue weighted by atomic mass is 16.5. The fourth-order valence-corrected chi connectivity index (χ4v) is 1.72. The molecule has 1 aromatic carbocycles. The molecule has 0 fully saturated rings. The average molecular weight is 248 g/mol. The number of aromatic carboxylic acids is 1. The lowest BCUT2D eigenvalue weighted by Gasteiger charge is -2.09. The minimum Gasteiger partial charge on any atom is -0.504 e. The summed E-state index contributed by atoms with van der Waals surface area (Å²) < 4.78 is 5.01. The molecule has 0 aliphatic carbocycles. The lowest BCUT2D eigenvalue weighted by Crippen LogP contribution is -1.95. The summed E-state index contributed by atoms with van der Waals surface area (Å²) in [4.78, 5) is 10.8. The zero-order valence-corrected chi connectivity index (χ0v) is 9.89. The van der Waals surface area contributed by atoms with Crippen LogP contribution in [0, 0.1) is 6.92 Å². The Bertz CT molecular complexity index is 604. The van der Waals surface area contributed by atoms with Gasteiger partial charge in [0.25, 0.3) is 0 Å². The number of carboxylic acids is 1. The van der Waals surface area contributed by atoms with E-state index < -0.39 is 5.97 Å². The molecule has 0 unspecified atom stereocenters. The molecule has 0 saturated heterocycles. The van der Waals surface area contributed by atoms with Crippen LogP contribution in [-0.4, -0.2) is 33.5 Å². The summed E-state index contributed by atoms with van der Waals surface area (Å²) in [5, 5.41) is 25.1. The molecular formula is C12H12N2O4. The van der Waals surface area contributed by atoms with Crippen LogP contribution >= 0.6 is 0 Å². The minimum atomic E-state index is -1.10. The third-order valence-electron chi connectivity index (χ3n) is 2.63. The fourth-order valence-electron chi connectivity index (χ4n) is 1.72. The first-order valence-corrected chi connectivity index (χ1v) is 5.20. The number of aryl methyl sites for hydroxylation is 1. The van der Waals surface area contributed by atoms with Gasteiger partial charge in [-0.05, 0) is 24.6 Å². The summed E-state index contributed by atoms with van der Waals surface area (Å²) in [5.74, 6) is -0.842. The van der Waals surface area contributed by atoms with Gasteiger partial charge in [-0.1, -0.05) is 6.07 Å². The molecule has 6 heteroatoms. The van der Waals surface area contributed by atoms with Crippen molar-refractivity contribution in [3.8, 4) is 22.8 Å². The van der Waals surface area contributed by atoms with Crippen LogP contribution in [0.25, 0.3) is 11.3 Å². The SMILES string of the molecule is COc1ccc(C)c(-c2cc(C(=O)O)[nH]n2)c1O. The van der Waals surface area contributed by atoms with Crippen molar-refractivity contribution in [1.82, 2.24) is 10.2 Å². The van der Waals surface area contributed by atoms with Crippen molar-refractivity contribution in [2.75, 3.05) is 7.11 Å². The van der Waals surface area contributed by atoms with E-state index in [0.717, 1.165) is 5.56 Å². The van der Waals surface area contributed by atoms with Crippen molar-refractivity contribution in [3.05, 3.63) is 29.5 Å². The maximum atomic E-state index is 10.8. The first-order chi connectivity index (χ1) is 8.54. The highest BCUT2D eigenvalue weighted by Crippen LogP contribution is 2.38. The van der Waals surface area contributed by atoms with Gasteiger partial charge in [0, 0.05) is 0 Å². The second-order valence-corrected chi connectivity index (χ2v) is 3.78. The standard InChI is InChI=1S/C12H12N2O4/c1-6-3-4-9(18-2)11(15)10(6)7-5-8(12(16)17)14-13-7/h3-5,15H,1-2H3,(H,13,14)(H,16,17). The van der Waals surface area contributed by atoms with Crippen LogP contribution in [0.4, 0.5) is 0 Å². The molecule has 0 spiro atoms. The number of phenolic OH excluding ortho intramolecular Hbond substituents is 1. The van der Waals surface area contributed by atoms with Crippen LogP contribution in [0.5, 0.6) is 11.5 Å². The Morgan fingerprint density at radius 1 is 1.44 bits per heavy atom. The molecule has 0 amide bonds. The number of aromatic nitrogens is 2. The van der Waals surface area contributed by atoms with Gasteiger partial charge in [0.2, 0.25) is 0 Å². The van der Waals surface area contributed by atoms with Crippen LogP contribution in [0.3, 0.4) is 0 Å². The smallest absolute Gasteiger partial charge is 0.353 e. The zero-order valence-electron chi connectivity index (χ0n) is 9.89. The second kappa shape index (κ2) is 4.40. The van der Waals surface area contributed by atoms with Crippen LogP contribution < -0.4 is 4.74 Å². The van der Waals surface area contributed by atoms with Gasteiger partial charge < -0.3 is 14.9 Å². The Morgan fingerprint density at radius 3 is 2.72 bits per heavy atom. The van der Waals surface area contributed by atoms with Gasteiger partial charge in [0.1, 0.15) is 5.69 Å². The number of ether oxygens (including phenoxy) is 1. The van der Waals surface area contributed by atoms with Crippen molar-refractivity contribution >= 4 is 5.97 Å². The molecule has 0 saturated carbocycles. The van der Waals surface area contributed by atoms with Crippen LogP contribution in [0.1, 0.15) is 16.1 Å². The van der Waals surface area contributed by atoms with E-state index in [1.807, 2.05) is 0 Å². The van der Waals surface area contributed by atoms with Crippen molar-refractivity contribution in [2.45, 2.75) is 6.92 Å².